The number of H-pyrrole nitrogens is 1. The first-order chi connectivity index (χ1) is 12.8. The molecule has 1 N–H and O–H groups in total. The van der Waals surface area contributed by atoms with Crippen LogP contribution in [0.1, 0.15) is 30.3 Å². The van der Waals surface area contributed by atoms with Crippen molar-refractivity contribution in [2.45, 2.75) is 32.1 Å². The lowest BCUT2D eigenvalue weighted by molar-refractivity contribution is 0.337. The van der Waals surface area contributed by atoms with Crippen LogP contribution in [0, 0.1) is 31.1 Å². The van der Waals surface area contributed by atoms with Crippen molar-refractivity contribution in [2.75, 3.05) is 13.1 Å². The molecule has 0 amide bonds. The molecular formula is C19H21ClN4O2S. The molecule has 1 aromatic carbocycles. The molecule has 1 aliphatic heterocycles. The average Bonchev–Trinajstić information content (AvgIpc) is 2.97. The normalized spacial score (nSPS) is 20.3. The van der Waals surface area contributed by atoms with Gasteiger partial charge in [0, 0.05) is 18.1 Å². The predicted molar refractivity (Wildman–Crippen MR) is 105 cm³/mol. The van der Waals surface area contributed by atoms with Crippen molar-refractivity contribution >= 4 is 27.2 Å². The smallest absolute Gasteiger partial charge is 0.246 e. The van der Waals surface area contributed by atoms with Crippen molar-refractivity contribution in [3.63, 3.8) is 0 Å². The number of halogens is 1. The van der Waals surface area contributed by atoms with Crippen molar-refractivity contribution in [1.82, 2.24) is 14.5 Å². The van der Waals surface area contributed by atoms with Gasteiger partial charge in [-0.2, -0.15) is 14.7 Å². The van der Waals surface area contributed by atoms with E-state index < -0.39 is 10.0 Å². The maximum Gasteiger partial charge on any atom is 0.246 e. The van der Waals surface area contributed by atoms with E-state index in [1.165, 1.54) is 4.31 Å². The lowest BCUT2D eigenvalue weighted by Gasteiger charge is -2.33. The minimum Gasteiger partial charge on any atom is -0.281 e. The number of nitriles is 1. The molecule has 1 aliphatic rings. The van der Waals surface area contributed by atoms with Gasteiger partial charge in [0.05, 0.1) is 23.0 Å². The Labute approximate surface area is 164 Å². The average molecular weight is 405 g/mol. The van der Waals surface area contributed by atoms with Crippen molar-refractivity contribution in [3.05, 3.63) is 51.8 Å². The van der Waals surface area contributed by atoms with E-state index in [1.54, 1.807) is 26.0 Å². The zero-order valence-electron chi connectivity index (χ0n) is 15.5. The number of aromatic amines is 1. The zero-order chi connectivity index (χ0) is 19.8. The minimum atomic E-state index is -3.62. The maximum absolute atomic E-state index is 13.1. The van der Waals surface area contributed by atoms with E-state index in [0.717, 1.165) is 11.1 Å². The molecule has 0 aliphatic carbocycles. The highest BCUT2D eigenvalue weighted by Gasteiger charge is 2.34. The van der Waals surface area contributed by atoms with Crippen molar-refractivity contribution in [1.29, 1.82) is 5.26 Å². The van der Waals surface area contributed by atoms with E-state index in [9.17, 15) is 13.7 Å². The summed E-state index contributed by atoms with van der Waals surface area (Å²) in [6.45, 7) is 6.02. The number of nitrogens with zero attached hydrogens (tertiary/aromatic N) is 3. The SMILES string of the molecule is Cc1n[nH]c(C)c1S(=O)(=O)N1CCC(=C(C#N)c2ccc(Cl)cc2)C(C)C1. The molecule has 8 heteroatoms. The summed E-state index contributed by atoms with van der Waals surface area (Å²) in [5.74, 6) is -0.0635. The number of nitrogens with one attached hydrogen (secondary N) is 1. The second-order valence-corrected chi connectivity index (χ2v) is 9.11. The van der Waals surface area contributed by atoms with Crippen LogP contribution in [-0.2, 0) is 10.0 Å². The van der Waals surface area contributed by atoms with Gasteiger partial charge in [0.25, 0.3) is 0 Å². The Hall–Kier alpha value is -2.14. The van der Waals surface area contributed by atoms with Crippen LogP contribution < -0.4 is 0 Å². The number of hydrogen-bond donors (Lipinski definition) is 1. The Kier molecular flexibility index (Phi) is 5.43. The molecule has 0 bridgehead atoms. The van der Waals surface area contributed by atoms with Crippen LogP contribution in [-0.4, -0.2) is 36.0 Å². The molecule has 1 saturated heterocycles. The lowest BCUT2D eigenvalue weighted by Crippen LogP contribution is -2.40. The Balaban J connectivity index is 1.91. The van der Waals surface area contributed by atoms with Gasteiger partial charge in [-0.15, -0.1) is 0 Å². The summed E-state index contributed by atoms with van der Waals surface area (Å²) in [5, 5.41) is 17.0. The van der Waals surface area contributed by atoms with E-state index >= 15 is 0 Å². The highest BCUT2D eigenvalue weighted by Crippen LogP contribution is 2.33. The molecule has 2 aromatic rings. The first kappa shape index (κ1) is 19.6. The summed E-state index contributed by atoms with van der Waals surface area (Å²) in [7, 11) is -3.62. The van der Waals surface area contributed by atoms with Crippen LogP contribution in [0.5, 0.6) is 0 Å². The Bertz CT molecular complexity index is 1010. The molecule has 27 heavy (non-hydrogen) atoms. The number of allylic oxidation sites excluding steroid dienone is 1. The molecule has 1 fully saturated rings. The van der Waals surface area contributed by atoms with Gasteiger partial charge in [-0.25, -0.2) is 8.42 Å². The number of piperidine rings is 1. The molecule has 1 aromatic heterocycles. The van der Waals surface area contributed by atoms with Crippen molar-refractivity contribution in [2.24, 2.45) is 5.92 Å². The molecule has 1 unspecified atom stereocenters. The van der Waals surface area contributed by atoms with Crippen LogP contribution in [0.15, 0.2) is 34.7 Å². The zero-order valence-corrected chi connectivity index (χ0v) is 17.0. The highest BCUT2D eigenvalue weighted by molar-refractivity contribution is 7.89. The van der Waals surface area contributed by atoms with Gasteiger partial charge in [-0.3, -0.25) is 5.10 Å². The molecular weight excluding hydrogens is 384 g/mol. The third-order valence-electron chi connectivity index (χ3n) is 4.93. The molecule has 0 saturated carbocycles. The Morgan fingerprint density at radius 2 is 2.00 bits per heavy atom. The van der Waals surface area contributed by atoms with Crippen LogP contribution in [0.3, 0.4) is 0 Å². The predicted octanol–water partition coefficient (Wildman–Crippen LogP) is 3.69. The van der Waals surface area contributed by atoms with Gasteiger partial charge in [0.2, 0.25) is 10.0 Å². The first-order valence-electron chi connectivity index (χ1n) is 8.66. The molecule has 3 rings (SSSR count). The van der Waals surface area contributed by atoms with E-state index in [-0.39, 0.29) is 10.8 Å². The van der Waals surface area contributed by atoms with Crippen molar-refractivity contribution in [3.8, 4) is 6.07 Å². The van der Waals surface area contributed by atoms with E-state index in [4.69, 9.17) is 11.6 Å². The van der Waals surface area contributed by atoms with Crippen LogP contribution in [0.25, 0.3) is 5.57 Å². The molecule has 2 heterocycles. The maximum atomic E-state index is 13.1. The first-order valence-corrected chi connectivity index (χ1v) is 10.5. The standard InChI is InChI=1S/C19H21ClN4O2S/c1-12-11-24(27(25,26)19-13(2)22-23-14(19)3)9-8-17(12)18(10-21)15-4-6-16(20)7-5-15/h4-7,12H,8-9,11H2,1-3H3,(H,22,23). The van der Waals surface area contributed by atoms with Gasteiger partial charge in [0.15, 0.2) is 0 Å². The number of sulfonamides is 1. The Morgan fingerprint density at radius 1 is 1.33 bits per heavy atom. The molecule has 1 atom stereocenters. The van der Waals surface area contributed by atoms with Gasteiger partial charge >= 0.3 is 0 Å². The van der Waals surface area contributed by atoms with Crippen LogP contribution >= 0.6 is 11.6 Å². The van der Waals surface area contributed by atoms with Gasteiger partial charge in [0.1, 0.15) is 4.90 Å². The molecule has 0 radical (unpaired) electrons. The third-order valence-corrected chi connectivity index (χ3v) is 7.31. The fraction of sp³-hybridized carbons (Fsp3) is 0.368. The van der Waals surface area contributed by atoms with Gasteiger partial charge in [-0.05, 0) is 49.5 Å². The summed E-state index contributed by atoms with van der Waals surface area (Å²) in [6, 6.07) is 9.44. The summed E-state index contributed by atoms with van der Waals surface area (Å²) >= 11 is 5.94. The largest absolute Gasteiger partial charge is 0.281 e. The summed E-state index contributed by atoms with van der Waals surface area (Å²) in [6.07, 6.45) is 0.516. The lowest BCUT2D eigenvalue weighted by atomic mass is 9.87. The number of aromatic nitrogens is 2. The molecule has 142 valence electrons. The van der Waals surface area contributed by atoms with E-state index in [1.807, 2.05) is 19.1 Å². The Morgan fingerprint density at radius 3 is 2.52 bits per heavy atom. The summed E-state index contributed by atoms with van der Waals surface area (Å²) in [5.41, 5.74) is 3.40. The van der Waals surface area contributed by atoms with E-state index in [2.05, 4.69) is 16.3 Å². The minimum absolute atomic E-state index is 0.0635. The third kappa shape index (κ3) is 3.65. The highest BCUT2D eigenvalue weighted by atomic mass is 35.5. The number of benzene rings is 1. The number of rotatable bonds is 3. The van der Waals surface area contributed by atoms with Gasteiger partial charge < -0.3 is 0 Å². The topological polar surface area (TPSA) is 89.8 Å². The number of aryl methyl sites for hydroxylation is 2. The fourth-order valence-electron chi connectivity index (χ4n) is 3.58. The molecule has 0 spiro atoms. The summed E-state index contributed by atoms with van der Waals surface area (Å²) in [4.78, 5) is 0.250. The van der Waals surface area contributed by atoms with E-state index in [0.29, 0.717) is 41.5 Å². The monoisotopic (exact) mass is 404 g/mol. The second kappa shape index (κ2) is 7.47. The van der Waals surface area contributed by atoms with Crippen LogP contribution in [0.2, 0.25) is 5.02 Å². The quantitative estimate of drug-likeness (QED) is 0.790. The second-order valence-electron chi connectivity index (χ2n) is 6.80. The van der Waals surface area contributed by atoms with Crippen molar-refractivity contribution < 1.29 is 8.42 Å². The molecule has 6 nitrogen and oxygen atoms in total. The van der Waals surface area contributed by atoms with Gasteiger partial charge in [-0.1, -0.05) is 30.7 Å². The fourth-order valence-corrected chi connectivity index (χ4v) is 5.56. The summed E-state index contributed by atoms with van der Waals surface area (Å²) < 4.78 is 27.6. The van der Waals surface area contributed by atoms with Crippen LogP contribution in [0.4, 0.5) is 0 Å². The number of hydrogen-bond acceptors (Lipinski definition) is 4.